The van der Waals surface area contributed by atoms with E-state index < -0.39 is 11.6 Å². The van der Waals surface area contributed by atoms with Gasteiger partial charge >= 0.3 is 0 Å². The summed E-state index contributed by atoms with van der Waals surface area (Å²) in [4.78, 5) is 20.2. The van der Waals surface area contributed by atoms with E-state index in [9.17, 15) is 8.78 Å². The van der Waals surface area contributed by atoms with Crippen molar-refractivity contribution >= 4 is 11.0 Å². The van der Waals surface area contributed by atoms with E-state index in [0.717, 1.165) is 43.5 Å². The molecule has 0 aliphatic carbocycles. The summed E-state index contributed by atoms with van der Waals surface area (Å²) in [5.41, 5.74) is 3.41. The summed E-state index contributed by atoms with van der Waals surface area (Å²) >= 11 is 0. The zero-order valence-electron chi connectivity index (χ0n) is 22.1. The van der Waals surface area contributed by atoms with E-state index in [1.807, 2.05) is 37.7 Å². The van der Waals surface area contributed by atoms with Crippen molar-refractivity contribution in [3.63, 3.8) is 0 Å². The molecule has 3 aromatic heterocycles. The molecule has 9 heteroatoms. The molecule has 2 saturated heterocycles. The van der Waals surface area contributed by atoms with E-state index in [1.165, 1.54) is 25.1 Å². The van der Waals surface area contributed by atoms with Crippen LogP contribution in [0.2, 0.25) is 0 Å². The number of piperidine rings is 1. The maximum Gasteiger partial charge on any atom is 0.151 e. The monoisotopic (exact) mass is 517 g/mol. The third kappa shape index (κ3) is 4.80. The number of pyridine rings is 1. The SMILES string of the molecule is Cc1nc2c(F)cc(-c3cc(Cc4ncc(CN5C[C@@H]6CCCN[C@@H]6C5)cn4)ncc3F)cc2n1C(C)C. The van der Waals surface area contributed by atoms with Gasteiger partial charge in [-0.15, -0.1) is 0 Å². The van der Waals surface area contributed by atoms with Crippen molar-refractivity contribution in [1.29, 1.82) is 0 Å². The van der Waals surface area contributed by atoms with Gasteiger partial charge in [0.2, 0.25) is 0 Å². The molecule has 0 amide bonds. The highest BCUT2D eigenvalue weighted by molar-refractivity contribution is 5.83. The van der Waals surface area contributed by atoms with Gasteiger partial charge in [0.1, 0.15) is 23.0 Å². The first kappa shape index (κ1) is 25.0. The van der Waals surface area contributed by atoms with Crippen LogP contribution in [-0.4, -0.2) is 55.1 Å². The number of aromatic nitrogens is 5. The molecule has 198 valence electrons. The second-order valence-electron chi connectivity index (χ2n) is 10.9. The maximum absolute atomic E-state index is 15.0. The van der Waals surface area contributed by atoms with Crippen LogP contribution in [0.1, 0.15) is 55.6 Å². The van der Waals surface area contributed by atoms with Gasteiger partial charge in [-0.3, -0.25) is 9.88 Å². The Morgan fingerprint density at radius 1 is 1.03 bits per heavy atom. The van der Waals surface area contributed by atoms with Crippen LogP contribution < -0.4 is 5.32 Å². The first-order chi connectivity index (χ1) is 18.4. The zero-order chi connectivity index (χ0) is 26.4. The molecule has 2 aliphatic rings. The van der Waals surface area contributed by atoms with Gasteiger partial charge < -0.3 is 9.88 Å². The summed E-state index contributed by atoms with van der Waals surface area (Å²) in [5, 5.41) is 3.64. The van der Waals surface area contributed by atoms with Crippen LogP contribution in [-0.2, 0) is 13.0 Å². The lowest BCUT2D eigenvalue weighted by Crippen LogP contribution is -2.40. The number of likely N-dealkylation sites (tertiary alicyclic amines) is 1. The number of rotatable bonds is 6. The second-order valence-corrected chi connectivity index (χ2v) is 10.9. The predicted molar refractivity (Wildman–Crippen MR) is 143 cm³/mol. The Bertz CT molecular complexity index is 1450. The highest BCUT2D eigenvalue weighted by atomic mass is 19.1. The molecule has 0 spiro atoms. The van der Waals surface area contributed by atoms with Gasteiger partial charge in [0.25, 0.3) is 0 Å². The van der Waals surface area contributed by atoms with Gasteiger partial charge in [-0.25, -0.2) is 23.7 Å². The van der Waals surface area contributed by atoms with Crippen molar-refractivity contribution in [2.45, 2.75) is 58.7 Å². The minimum Gasteiger partial charge on any atom is -0.326 e. The van der Waals surface area contributed by atoms with Crippen molar-refractivity contribution in [3.8, 4) is 11.1 Å². The van der Waals surface area contributed by atoms with E-state index in [0.29, 0.717) is 46.1 Å². The number of aryl methyl sites for hydroxylation is 1. The van der Waals surface area contributed by atoms with E-state index >= 15 is 0 Å². The summed E-state index contributed by atoms with van der Waals surface area (Å²) < 4.78 is 31.9. The number of benzene rings is 1. The smallest absolute Gasteiger partial charge is 0.151 e. The highest BCUT2D eigenvalue weighted by Gasteiger charge is 2.34. The normalized spacial score (nSPS) is 19.9. The van der Waals surface area contributed by atoms with Crippen LogP contribution in [0.4, 0.5) is 8.78 Å². The molecule has 2 aliphatic heterocycles. The quantitative estimate of drug-likeness (QED) is 0.395. The maximum atomic E-state index is 15.0. The van der Waals surface area contributed by atoms with E-state index in [-0.39, 0.29) is 6.04 Å². The Balaban J connectivity index is 1.20. The summed E-state index contributed by atoms with van der Waals surface area (Å²) in [5.74, 6) is 1.11. The number of halogens is 2. The van der Waals surface area contributed by atoms with Gasteiger partial charge in [-0.05, 0) is 69.8 Å². The molecule has 0 radical (unpaired) electrons. The fraction of sp³-hybridized carbons (Fsp3) is 0.448. The molecule has 38 heavy (non-hydrogen) atoms. The summed E-state index contributed by atoms with van der Waals surface area (Å²) in [6, 6.07) is 5.51. The van der Waals surface area contributed by atoms with Gasteiger partial charge in [0.15, 0.2) is 5.82 Å². The van der Waals surface area contributed by atoms with Crippen molar-refractivity contribution < 1.29 is 8.78 Å². The average Bonchev–Trinajstić information content (AvgIpc) is 3.46. The van der Waals surface area contributed by atoms with Crippen LogP contribution in [0, 0.1) is 24.5 Å². The molecule has 6 rings (SSSR count). The number of hydrogen-bond acceptors (Lipinski definition) is 6. The first-order valence-electron chi connectivity index (χ1n) is 13.4. The second kappa shape index (κ2) is 10.1. The standard InChI is InChI=1S/C29H33F2N7/c1-17(2)38-18(3)36-29-24(30)7-21(8-27(29)38)23-9-22(33-13-25(23)31)10-28-34-11-19(12-35-28)14-37-15-20-5-4-6-32-26(20)16-37/h7-9,11-13,17,20,26,32H,4-6,10,14-16H2,1-3H3/t20-,26+/m0/s1. The van der Waals surface area contributed by atoms with Crippen molar-refractivity contribution in [3.05, 3.63) is 71.3 Å². The minimum atomic E-state index is -0.503. The molecule has 7 nitrogen and oxygen atoms in total. The van der Waals surface area contributed by atoms with Crippen LogP contribution in [0.15, 0.2) is 36.8 Å². The summed E-state index contributed by atoms with van der Waals surface area (Å²) in [7, 11) is 0. The van der Waals surface area contributed by atoms with Gasteiger partial charge in [-0.1, -0.05) is 0 Å². The molecule has 0 saturated carbocycles. The third-order valence-corrected chi connectivity index (χ3v) is 7.84. The molecule has 5 heterocycles. The van der Waals surface area contributed by atoms with Gasteiger partial charge in [-0.2, -0.15) is 0 Å². The Labute approximate surface area is 221 Å². The Hall–Kier alpha value is -3.30. The Morgan fingerprint density at radius 2 is 1.84 bits per heavy atom. The topological polar surface area (TPSA) is 71.8 Å². The van der Waals surface area contributed by atoms with E-state index in [4.69, 9.17) is 0 Å². The predicted octanol–water partition coefficient (Wildman–Crippen LogP) is 4.83. The zero-order valence-corrected chi connectivity index (χ0v) is 22.1. The lowest BCUT2D eigenvalue weighted by atomic mass is 9.94. The number of hydrogen-bond donors (Lipinski definition) is 1. The Morgan fingerprint density at radius 3 is 2.61 bits per heavy atom. The van der Waals surface area contributed by atoms with Gasteiger partial charge in [0.05, 0.1) is 18.1 Å². The van der Waals surface area contributed by atoms with E-state index in [2.05, 4.69) is 30.2 Å². The van der Waals surface area contributed by atoms with E-state index in [1.54, 1.807) is 12.1 Å². The molecule has 0 unspecified atom stereocenters. The van der Waals surface area contributed by atoms with Crippen LogP contribution in [0.25, 0.3) is 22.2 Å². The minimum absolute atomic E-state index is 0.0962. The number of nitrogens with one attached hydrogen (secondary N) is 1. The van der Waals surface area contributed by atoms with Crippen molar-refractivity contribution in [2.75, 3.05) is 19.6 Å². The molecule has 1 N–H and O–H groups in total. The number of fused-ring (bicyclic) bond motifs is 2. The third-order valence-electron chi connectivity index (χ3n) is 7.84. The number of nitrogens with zero attached hydrogens (tertiary/aromatic N) is 6. The van der Waals surface area contributed by atoms with Crippen molar-refractivity contribution in [1.82, 2.24) is 34.7 Å². The Kier molecular flexibility index (Phi) is 6.65. The number of imidazole rings is 1. The van der Waals surface area contributed by atoms with Gasteiger partial charge in [0, 0.05) is 60.9 Å². The molecular weight excluding hydrogens is 484 g/mol. The molecule has 2 atom stereocenters. The lowest BCUT2D eigenvalue weighted by molar-refractivity contribution is 0.312. The highest BCUT2D eigenvalue weighted by Crippen LogP contribution is 2.31. The molecule has 0 bridgehead atoms. The molecular formula is C29H33F2N7. The molecule has 1 aromatic carbocycles. The molecule has 4 aromatic rings. The summed E-state index contributed by atoms with van der Waals surface area (Å²) in [6.45, 7) is 10.0. The van der Waals surface area contributed by atoms with Crippen LogP contribution >= 0.6 is 0 Å². The summed E-state index contributed by atoms with van der Waals surface area (Å²) in [6.07, 6.45) is 7.86. The largest absolute Gasteiger partial charge is 0.326 e. The first-order valence-corrected chi connectivity index (χ1v) is 13.4. The lowest BCUT2D eigenvalue weighted by Gasteiger charge is -2.24. The van der Waals surface area contributed by atoms with Crippen LogP contribution in [0.5, 0.6) is 0 Å². The fourth-order valence-corrected chi connectivity index (χ4v) is 6.12. The van der Waals surface area contributed by atoms with Crippen molar-refractivity contribution in [2.24, 2.45) is 5.92 Å². The average molecular weight is 518 g/mol. The fourth-order valence-electron chi connectivity index (χ4n) is 6.12. The molecule has 2 fully saturated rings. The van der Waals surface area contributed by atoms with Crippen LogP contribution in [0.3, 0.4) is 0 Å².